The highest BCUT2D eigenvalue weighted by Gasteiger charge is 2.27. The third-order valence-corrected chi connectivity index (χ3v) is 17.8. The topological polar surface area (TPSA) is 15.3 Å². The summed E-state index contributed by atoms with van der Waals surface area (Å²) in [6, 6.07) is 85.8. The number of rotatable bonds is 6. The maximum Gasteiger partial charge on any atom is 0.0621 e. The van der Waals surface area contributed by atoms with E-state index in [2.05, 4.69) is 249 Å². The smallest absolute Gasteiger partial charge is 0.0621 e. The van der Waals surface area contributed by atoms with Crippen LogP contribution in [-0.4, -0.2) is 8.80 Å². The lowest BCUT2D eigenvalue weighted by atomic mass is 10.0. The van der Waals surface area contributed by atoms with Crippen LogP contribution in [0.2, 0.25) is 0 Å². The van der Waals surface area contributed by atoms with Gasteiger partial charge in [-0.25, -0.2) is 0 Å². The Labute approximate surface area is 419 Å². The molecule has 0 fully saturated rings. The lowest BCUT2D eigenvalue weighted by Crippen LogP contribution is -2.10. The number of nitrogens with zero attached hydrogens (tertiary/aromatic N) is 4. The molecule has 0 aliphatic carbocycles. The van der Waals surface area contributed by atoms with Crippen LogP contribution >= 0.6 is 22.7 Å². The fourth-order valence-electron chi connectivity index (χ4n) is 12.6. The summed E-state index contributed by atoms with van der Waals surface area (Å²) in [4.78, 5) is 4.93. The summed E-state index contributed by atoms with van der Waals surface area (Å²) in [5.74, 6) is 0. The zero-order chi connectivity index (χ0) is 46.8. The Morgan fingerprint density at radius 3 is 1.11 bits per heavy atom. The Kier molecular flexibility index (Phi) is 7.73. The number of thiophene rings is 2. The van der Waals surface area contributed by atoms with Crippen molar-refractivity contribution in [1.82, 2.24) is 8.80 Å². The van der Waals surface area contributed by atoms with Crippen molar-refractivity contribution in [2.75, 3.05) is 9.80 Å². The maximum absolute atomic E-state index is 2.55. The Hall–Kier alpha value is -8.94. The molecule has 0 N–H and O–H groups in total. The third-order valence-electron chi connectivity index (χ3n) is 15.5. The van der Waals surface area contributed by atoms with Gasteiger partial charge in [0, 0.05) is 106 Å². The van der Waals surface area contributed by atoms with Crippen molar-refractivity contribution < 1.29 is 0 Å². The van der Waals surface area contributed by atoms with Crippen molar-refractivity contribution in [2.24, 2.45) is 0 Å². The number of para-hydroxylation sites is 4. The van der Waals surface area contributed by atoms with E-state index >= 15 is 0 Å². The Balaban J connectivity index is 0.903. The molecule has 0 unspecified atom stereocenters. The van der Waals surface area contributed by atoms with E-state index in [-0.39, 0.29) is 0 Å². The van der Waals surface area contributed by atoms with Crippen LogP contribution in [0.5, 0.6) is 0 Å². The molecule has 0 aliphatic heterocycles. The molecule has 0 saturated heterocycles. The zero-order valence-electron chi connectivity index (χ0n) is 38.5. The molecule has 6 heterocycles. The molecule has 17 rings (SSSR count). The van der Waals surface area contributed by atoms with E-state index in [0.29, 0.717) is 0 Å². The Morgan fingerprint density at radius 1 is 0.250 bits per heavy atom. The van der Waals surface area contributed by atoms with Crippen molar-refractivity contribution in [3.8, 4) is 0 Å². The molecule has 6 aromatic heterocycles. The normalized spacial score (nSPS) is 12.4. The lowest BCUT2D eigenvalue weighted by Gasteiger charge is -2.26. The van der Waals surface area contributed by atoms with Gasteiger partial charge in [-0.1, -0.05) is 121 Å². The maximum atomic E-state index is 2.55. The Morgan fingerprint density at radius 2 is 0.639 bits per heavy atom. The largest absolute Gasteiger partial charge is 0.310 e. The van der Waals surface area contributed by atoms with E-state index in [1.54, 1.807) is 0 Å². The van der Waals surface area contributed by atoms with Gasteiger partial charge in [-0.2, -0.15) is 0 Å². The summed E-state index contributed by atoms with van der Waals surface area (Å²) in [5.41, 5.74) is 14.3. The van der Waals surface area contributed by atoms with Gasteiger partial charge in [0.15, 0.2) is 0 Å². The SMILES string of the molecule is c1ccc(N(c2ccc3sc4ccccc4c3c2)c2cccc3c2c2cccc4c5cc6c(cc5n3c42)c2cccc3c4c(N(c5ccccc5)c5ccc7sc8ccccc8c7c5)cccc4n6c23)cc1. The summed E-state index contributed by atoms with van der Waals surface area (Å²) in [7, 11) is 0. The minimum Gasteiger partial charge on any atom is -0.310 e. The number of hydrogen-bond donors (Lipinski definition) is 0. The van der Waals surface area contributed by atoms with Gasteiger partial charge in [0.1, 0.15) is 0 Å². The second-order valence-electron chi connectivity index (χ2n) is 19.2. The molecule has 72 heavy (non-hydrogen) atoms. The van der Waals surface area contributed by atoms with Gasteiger partial charge < -0.3 is 18.6 Å². The molecule has 0 amide bonds. The number of benzene rings is 11. The molecule has 0 aliphatic rings. The summed E-state index contributed by atoms with van der Waals surface area (Å²) >= 11 is 3.73. The minimum absolute atomic E-state index is 1.13. The van der Waals surface area contributed by atoms with Gasteiger partial charge in [-0.05, 0) is 109 Å². The van der Waals surface area contributed by atoms with E-state index in [1.165, 1.54) is 128 Å². The number of anilines is 6. The predicted octanol–water partition coefficient (Wildman–Crippen LogP) is 19.7. The van der Waals surface area contributed by atoms with Crippen molar-refractivity contribution in [3.63, 3.8) is 0 Å². The highest BCUT2D eigenvalue weighted by Crippen LogP contribution is 2.51. The van der Waals surface area contributed by atoms with Gasteiger partial charge in [0.2, 0.25) is 0 Å². The van der Waals surface area contributed by atoms with Gasteiger partial charge >= 0.3 is 0 Å². The molecular weight excluding hydrogens is 913 g/mol. The minimum atomic E-state index is 1.13. The monoisotopic (exact) mass is 950 g/mol. The fraction of sp³-hybridized carbons (Fsp3) is 0. The van der Waals surface area contributed by atoms with E-state index < -0.39 is 0 Å². The fourth-order valence-corrected chi connectivity index (χ4v) is 14.8. The summed E-state index contributed by atoms with van der Waals surface area (Å²) in [5, 5.41) is 15.2. The van der Waals surface area contributed by atoms with Crippen molar-refractivity contribution in [3.05, 3.63) is 231 Å². The molecule has 0 saturated carbocycles. The average Bonchev–Trinajstić information content (AvgIpc) is 4.29. The van der Waals surface area contributed by atoms with Crippen molar-refractivity contribution in [1.29, 1.82) is 0 Å². The standard InChI is InChI=1S/C66H38N4S2/c1-3-15-39(16-4-1)67(41-31-33-61-51(35-41)43-19-7-9-29-59(43)71-61)53-25-13-27-55-63(53)47-23-11-21-45-49-38-58-50(37-57(49)69(55)65(45)47)46-22-12-24-48-64-54(26-14-28-56(64)70(58)66(46)48)68(40-17-5-2-6-18-40)42-32-34-62-52(36-42)44-20-8-10-30-60(44)72-62/h1-38H. The molecule has 6 heteroatoms. The molecule has 4 nitrogen and oxygen atoms in total. The molecular formula is C66H38N4S2. The van der Waals surface area contributed by atoms with E-state index in [0.717, 1.165) is 22.7 Å². The molecule has 11 aromatic carbocycles. The molecule has 17 aromatic rings. The summed E-state index contributed by atoms with van der Waals surface area (Å²) < 4.78 is 10.3. The Bertz CT molecular complexity index is 4740. The van der Waals surface area contributed by atoms with Crippen LogP contribution in [0, 0.1) is 0 Å². The summed E-state index contributed by atoms with van der Waals surface area (Å²) in [6.07, 6.45) is 0. The van der Waals surface area contributed by atoms with Gasteiger partial charge in [-0.15, -0.1) is 22.7 Å². The molecule has 0 bridgehead atoms. The van der Waals surface area contributed by atoms with Crippen LogP contribution < -0.4 is 9.80 Å². The van der Waals surface area contributed by atoms with Crippen LogP contribution in [0.3, 0.4) is 0 Å². The zero-order valence-corrected chi connectivity index (χ0v) is 40.2. The number of fused-ring (bicyclic) bond motifs is 18. The van der Waals surface area contributed by atoms with Crippen LogP contribution in [0.25, 0.3) is 117 Å². The van der Waals surface area contributed by atoms with Crippen molar-refractivity contribution in [2.45, 2.75) is 0 Å². The quantitative estimate of drug-likeness (QED) is 0.165. The van der Waals surface area contributed by atoms with E-state index in [1.807, 2.05) is 22.7 Å². The van der Waals surface area contributed by atoms with Gasteiger partial charge in [0.05, 0.1) is 44.5 Å². The highest BCUT2D eigenvalue weighted by molar-refractivity contribution is 7.26. The molecule has 334 valence electrons. The number of aromatic nitrogens is 2. The van der Waals surface area contributed by atoms with E-state index in [4.69, 9.17) is 0 Å². The average molecular weight is 951 g/mol. The highest BCUT2D eigenvalue weighted by atomic mass is 32.1. The lowest BCUT2D eigenvalue weighted by molar-refractivity contribution is 1.30. The first-order valence-corrected chi connectivity index (χ1v) is 26.2. The van der Waals surface area contributed by atoms with Crippen LogP contribution in [0.4, 0.5) is 34.1 Å². The summed E-state index contributed by atoms with van der Waals surface area (Å²) in [6.45, 7) is 0. The van der Waals surface area contributed by atoms with Gasteiger partial charge in [0.25, 0.3) is 0 Å². The van der Waals surface area contributed by atoms with Crippen LogP contribution in [-0.2, 0) is 0 Å². The second kappa shape index (κ2) is 14.3. The third kappa shape index (κ3) is 5.14. The van der Waals surface area contributed by atoms with Crippen molar-refractivity contribution >= 4 is 173 Å². The molecule has 0 spiro atoms. The first-order valence-electron chi connectivity index (χ1n) is 24.6. The molecule has 0 radical (unpaired) electrons. The predicted molar refractivity (Wildman–Crippen MR) is 311 cm³/mol. The van der Waals surface area contributed by atoms with Crippen LogP contribution in [0.1, 0.15) is 0 Å². The number of hydrogen-bond acceptors (Lipinski definition) is 4. The van der Waals surface area contributed by atoms with E-state index in [9.17, 15) is 0 Å². The first-order chi connectivity index (χ1) is 35.7. The first kappa shape index (κ1) is 38.9. The van der Waals surface area contributed by atoms with Gasteiger partial charge in [-0.3, -0.25) is 0 Å². The molecule has 0 atom stereocenters. The second-order valence-corrected chi connectivity index (χ2v) is 21.4. The van der Waals surface area contributed by atoms with Crippen LogP contribution in [0.15, 0.2) is 231 Å².